The van der Waals surface area contributed by atoms with Crippen molar-refractivity contribution in [3.63, 3.8) is 0 Å². The maximum absolute atomic E-state index is 12.2. The number of anilines is 1. The second-order valence-electron chi connectivity index (χ2n) is 4.35. The Balaban J connectivity index is 2.15. The molecule has 0 radical (unpaired) electrons. The first-order valence-corrected chi connectivity index (χ1v) is 6.08. The van der Waals surface area contributed by atoms with Gasteiger partial charge in [0.1, 0.15) is 0 Å². The van der Waals surface area contributed by atoms with Crippen LogP contribution in [-0.4, -0.2) is 36.1 Å². The first kappa shape index (κ1) is 13.3. The van der Waals surface area contributed by atoms with Crippen LogP contribution in [0.25, 0.3) is 0 Å². The van der Waals surface area contributed by atoms with E-state index in [9.17, 15) is 14.7 Å². The Morgan fingerprint density at radius 1 is 1.47 bits per heavy atom. The minimum Gasteiger partial charge on any atom is -0.394 e. The van der Waals surface area contributed by atoms with E-state index >= 15 is 0 Å². The Labute approximate surface area is 111 Å². The van der Waals surface area contributed by atoms with Crippen molar-refractivity contribution in [2.75, 3.05) is 18.1 Å². The summed E-state index contributed by atoms with van der Waals surface area (Å²) < 4.78 is 0. The molecule has 0 fully saturated rings. The molecule has 1 aromatic rings. The first-order valence-electron chi connectivity index (χ1n) is 6.08. The summed E-state index contributed by atoms with van der Waals surface area (Å²) in [4.78, 5) is 24.8. The SMILES string of the molecule is C=CC(=O)NCC(=O)N1c2ccccc2CC1CO. The summed E-state index contributed by atoms with van der Waals surface area (Å²) in [7, 11) is 0. The molecule has 19 heavy (non-hydrogen) atoms. The largest absolute Gasteiger partial charge is 0.394 e. The van der Waals surface area contributed by atoms with Gasteiger partial charge in [-0.05, 0) is 24.1 Å². The standard InChI is InChI=1S/C14H16N2O3/c1-2-13(18)15-8-14(19)16-11(9-17)7-10-5-3-4-6-12(10)16/h2-6,11,17H,1,7-9H2,(H,15,18). The molecule has 1 heterocycles. The monoisotopic (exact) mass is 260 g/mol. The number of aliphatic hydroxyl groups is 1. The molecule has 5 nitrogen and oxygen atoms in total. The van der Waals surface area contributed by atoms with E-state index in [1.54, 1.807) is 4.90 Å². The Hall–Kier alpha value is -2.14. The van der Waals surface area contributed by atoms with E-state index in [1.165, 1.54) is 0 Å². The third-order valence-electron chi connectivity index (χ3n) is 3.15. The van der Waals surface area contributed by atoms with E-state index in [2.05, 4.69) is 11.9 Å². The lowest BCUT2D eigenvalue weighted by Gasteiger charge is -2.24. The van der Waals surface area contributed by atoms with Crippen LogP contribution in [0.5, 0.6) is 0 Å². The number of amides is 2. The lowest BCUT2D eigenvalue weighted by atomic mass is 10.1. The van der Waals surface area contributed by atoms with Gasteiger partial charge in [-0.1, -0.05) is 24.8 Å². The van der Waals surface area contributed by atoms with Gasteiger partial charge in [0.05, 0.1) is 19.2 Å². The van der Waals surface area contributed by atoms with Crippen LogP contribution < -0.4 is 10.2 Å². The number of aliphatic hydroxyl groups excluding tert-OH is 1. The second-order valence-corrected chi connectivity index (χ2v) is 4.35. The summed E-state index contributed by atoms with van der Waals surface area (Å²) in [6.07, 6.45) is 1.75. The number of nitrogens with zero attached hydrogens (tertiary/aromatic N) is 1. The lowest BCUT2D eigenvalue weighted by Crippen LogP contribution is -2.45. The fraction of sp³-hybridized carbons (Fsp3) is 0.286. The van der Waals surface area contributed by atoms with E-state index in [1.807, 2.05) is 24.3 Å². The number of benzene rings is 1. The van der Waals surface area contributed by atoms with Gasteiger partial charge < -0.3 is 15.3 Å². The zero-order valence-electron chi connectivity index (χ0n) is 10.5. The normalized spacial score (nSPS) is 16.9. The van der Waals surface area contributed by atoms with Crippen molar-refractivity contribution in [1.29, 1.82) is 0 Å². The van der Waals surface area contributed by atoms with Crippen molar-refractivity contribution in [1.82, 2.24) is 5.32 Å². The van der Waals surface area contributed by atoms with Crippen molar-refractivity contribution in [3.8, 4) is 0 Å². The Kier molecular flexibility index (Phi) is 3.97. The van der Waals surface area contributed by atoms with Crippen molar-refractivity contribution in [2.24, 2.45) is 0 Å². The molecule has 0 aromatic heterocycles. The van der Waals surface area contributed by atoms with Gasteiger partial charge in [-0.3, -0.25) is 9.59 Å². The van der Waals surface area contributed by atoms with E-state index in [-0.39, 0.29) is 31.0 Å². The molecule has 0 bridgehead atoms. The third-order valence-corrected chi connectivity index (χ3v) is 3.15. The van der Waals surface area contributed by atoms with Crippen LogP contribution in [0.2, 0.25) is 0 Å². The first-order chi connectivity index (χ1) is 9.17. The molecule has 0 saturated heterocycles. The van der Waals surface area contributed by atoms with Crippen LogP contribution in [0, 0.1) is 0 Å². The van der Waals surface area contributed by atoms with Crippen molar-refractivity contribution < 1.29 is 14.7 Å². The fourth-order valence-electron chi connectivity index (χ4n) is 2.26. The zero-order chi connectivity index (χ0) is 13.8. The van der Waals surface area contributed by atoms with Gasteiger partial charge in [0, 0.05) is 5.69 Å². The third kappa shape index (κ3) is 2.66. The molecule has 1 aliphatic heterocycles. The van der Waals surface area contributed by atoms with Gasteiger partial charge in [0.15, 0.2) is 0 Å². The Bertz CT molecular complexity index is 513. The Morgan fingerprint density at radius 2 is 2.21 bits per heavy atom. The van der Waals surface area contributed by atoms with Gasteiger partial charge in [-0.15, -0.1) is 0 Å². The molecule has 0 aliphatic carbocycles. The summed E-state index contributed by atoms with van der Waals surface area (Å²) in [6, 6.07) is 7.28. The molecule has 1 aromatic carbocycles. The summed E-state index contributed by atoms with van der Waals surface area (Å²) >= 11 is 0. The highest BCUT2D eigenvalue weighted by atomic mass is 16.3. The molecule has 1 atom stereocenters. The maximum Gasteiger partial charge on any atom is 0.246 e. The lowest BCUT2D eigenvalue weighted by molar-refractivity contribution is -0.122. The van der Waals surface area contributed by atoms with Crippen LogP contribution in [0.3, 0.4) is 0 Å². The molecule has 1 unspecified atom stereocenters. The highest BCUT2D eigenvalue weighted by Crippen LogP contribution is 2.31. The number of para-hydroxylation sites is 1. The van der Waals surface area contributed by atoms with Gasteiger partial charge in [0.25, 0.3) is 0 Å². The number of nitrogens with one attached hydrogen (secondary N) is 1. The number of rotatable bonds is 4. The van der Waals surface area contributed by atoms with Crippen molar-refractivity contribution >= 4 is 17.5 Å². The molecular formula is C14H16N2O3. The number of hydrogen-bond acceptors (Lipinski definition) is 3. The van der Waals surface area contributed by atoms with Gasteiger partial charge in [0.2, 0.25) is 11.8 Å². The Morgan fingerprint density at radius 3 is 2.89 bits per heavy atom. The highest BCUT2D eigenvalue weighted by Gasteiger charge is 2.32. The molecule has 0 spiro atoms. The molecular weight excluding hydrogens is 244 g/mol. The quantitative estimate of drug-likeness (QED) is 0.762. The van der Waals surface area contributed by atoms with Crippen LogP contribution in [0.1, 0.15) is 5.56 Å². The topological polar surface area (TPSA) is 69.6 Å². The van der Waals surface area contributed by atoms with E-state index in [4.69, 9.17) is 0 Å². The second kappa shape index (κ2) is 5.67. The summed E-state index contributed by atoms with van der Waals surface area (Å²) in [5, 5.41) is 11.8. The molecule has 2 rings (SSSR count). The van der Waals surface area contributed by atoms with Gasteiger partial charge >= 0.3 is 0 Å². The van der Waals surface area contributed by atoms with E-state index in [0.29, 0.717) is 6.42 Å². The molecule has 0 saturated carbocycles. The van der Waals surface area contributed by atoms with Crippen molar-refractivity contribution in [3.05, 3.63) is 42.5 Å². The average molecular weight is 260 g/mol. The summed E-state index contributed by atoms with van der Waals surface area (Å²) in [6.45, 7) is 3.12. The van der Waals surface area contributed by atoms with Gasteiger partial charge in [-0.25, -0.2) is 0 Å². The van der Waals surface area contributed by atoms with E-state index in [0.717, 1.165) is 17.3 Å². The number of hydrogen-bond donors (Lipinski definition) is 2. The maximum atomic E-state index is 12.2. The van der Waals surface area contributed by atoms with Gasteiger partial charge in [-0.2, -0.15) is 0 Å². The fourth-order valence-corrected chi connectivity index (χ4v) is 2.26. The molecule has 100 valence electrons. The molecule has 5 heteroatoms. The number of carbonyl (C=O) groups is 2. The van der Waals surface area contributed by atoms with Crippen LogP contribution >= 0.6 is 0 Å². The minimum absolute atomic E-state index is 0.101. The predicted molar refractivity (Wildman–Crippen MR) is 71.7 cm³/mol. The van der Waals surface area contributed by atoms with Crippen LogP contribution in [0.4, 0.5) is 5.69 Å². The molecule has 2 amide bonds. The van der Waals surface area contributed by atoms with Crippen LogP contribution in [-0.2, 0) is 16.0 Å². The van der Waals surface area contributed by atoms with Crippen molar-refractivity contribution in [2.45, 2.75) is 12.5 Å². The number of carbonyl (C=O) groups excluding carboxylic acids is 2. The van der Waals surface area contributed by atoms with E-state index < -0.39 is 0 Å². The zero-order valence-corrected chi connectivity index (χ0v) is 10.5. The number of fused-ring (bicyclic) bond motifs is 1. The average Bonchev–Trinajstić information content (AvgIpc) is 2.82. The smallest absolute Gasteiger partial charge is 0.246 e. The minimum atomic E-state index is -0.388. The van der Waals surface area contributed by atoms with Crippen LogP contribution in [0.15, 0.2) is 36.9 Å². The summed E-state index contributed by atoms with van der Waals surface area (Å²) in [5.74, 6) is -0.624. The molecule has 1 aliphatic rings. The molecule has 2 N–H and O–H groups in total. The summed E-state index contributed by atoms with van der Waals surface area (Å²) in [5.41, 5.74) is 1.84. The predicted octanol–water partition coefficient (Wildman–Crippen LogP) is 0.239. The highest BCUT2D eigenvalue weighted by molar-refractivity contribution is 6.00.